The summed E-state index contributed by atoms with van der Waals surface area (Å²) in [5.41, 5.74) is 1.60. The van der Waals surface area contributed by atoms with Crippen molar-refractivity contribution in [1.29, 1.82) is 0 Å². The van der Waals surface area contributed by atoms with Crippen molar-refractivity contribution < 1.29 is 13.7 Å². The number of hydrogen-bond donors (Lipinski definition) is 2. The van der Waals surface area contributed by atoms with Crippen molar-refractivity contribution in [3.63, 3.8) is 0 Å². The Morgan fingerprint density at radius 3 is 2.64 bits per heavy atom. The third kappa shape index (κ3) is 4.03. The lowest BCUT2D eigenvalue weighted by atomic mass is 10.2. The van der Waals surface area contributed by atoms with Crippen LogP contribution in [-0.2, 0) is 0 Å². The molecule has 0 fully saturated rings. The van der Waals surface area contributed by atoms with Crippen LogP contribution >= 0.6 is 22.9 Å². The second kappa shape index (κ2) is 7.79. The van der Waals surface area contributed by atoms with Gasteiger partial charge in [-0.1, -0.05) is 35.0 Å². The molecule has 0 aliphatic carbocycles. The Labute approximate surface area is 168 Å². The minimum Gasteiger partial charge on any atom is -0.333 e. The monoisotopic (exact) mass is 414 g/mol. The van der Waals surface area contributed by atoms with Gasteiger partial charge in [-0.2, -0.15) is 4.98 Å². The molecule has 4 aromatic rings. The second-order valence-corrected chi connectivity index (χ2v) is 7.04. The molecule has 2 amide bonds. The Kier molecular flexibility index (Phi) is 5.05. The minimum atomic E-state index is -0.553. The highest BCUT2D eigenvalue weighted by Gasteiger charge is 2.12. The predicted octanol–water partition coefficient (Wildman–Crippen LogP) is 5.90. The van der Waals surface area contributed by atoms with Crippen LogP contribution in [0.3, 0.4) is 0 Å². The van der Waals surface area contributed by atoms with Gasteiger partial charge in [0.05, 0.1) is 9.90 Å². The van der Waals surface area contributed by atoms with Crippen LogP contribution in [0.15, 0.2) is 64.5 Å². The van der Waals surface area contributed by atoms with Gasteiger partial charge < -0.3 is 15.2 Å². The molecule has 0 spiro atoms. The van der Waals surface area contributed by atoms with Crippen molar-refractivity contribution in [3.8, 4) is 22.2 Å². The fourth-order valence-electron chi connectivity index (χ4n) is 2.44. The zero-order valence-corrected chi connectivity index (χ0v) is 15.7. The number of carbonyl (C=O) groups is 1. The van der Waals surface area contributed by atoms with Crippen LogP contribution in [0, 0.1) is 5.82 Å². The highest BCUT2D eigenvalue weighted by Crippen LogP contribution is 2.27. The maximum absolute atomic E-state index is 13.2. The van der Waals surface area contributed by atoms with E-state index in [0.29, 0.717) is 28.7 Å². The number of nitrogens with one attached hydrogen (secondary N) is 2. The maximum atomic E-state index is 13.2. The zero-order chi connectivity index (χ0) is 19.5. The topological polar surface area (TPSA) is 80.1 Å². The van der Waals surface area contributed by atoms with E-state index in [4.69, 9.17) is 16.1 Å². The molecule has 0 saturated heterocycles. The highest BCUT2D eigenvalue weighted by molar-refractivity contribution is 7.13. The van der Waals surface area contributed by atoms with Crippen LogP contribution in [0.4, 0.5) is 20.6 Å². The standard InChI is InChI=1S/C19H12ClFN4O2S/c20-14-10-13(6-7-15(14)21)23-19(26)22-12-4-1-3-11(9-12)17-24-18(27-25-17)16-5-2-8-28-16/h1-10H,(H2,22,23,26). The fraction of sp³-hybridized carbons (Fsp3) is 0. The van der Waals surface area contributed by atoms with Crippen LogP contribution in [0.2, 0.25) is 5.02 Å². The molecule has 0 bridgehead atoms. The van der Waals surface area contributed by atoms with Crippen LogP contribution < -0.4 is 10.6 Å². The molecule has 0 aliphatic rings. The van der Waals surface area contributed by atoms with E-state index in [1.165, 1.54) is 29.5 Å². The number of carbonyl (C=O) groups excluding carboxylic acids is 1. The molecule has 140 valence electrons. The van der Waals surface area contributed by atoms with Gasteiger partial charge >= 0.3 is 6.03 Å². The Hall–Kier alpha value is -3.23. The molecule has 0 saturated carbocycles. The lowest BCUT2D eigenvalue weighted by molar-refractivity contribution is 0.262. The quantitative estimate of drug-likeness (QED) is 0.435. The third-order valence-corrected chi connectivity index (χ3v) is 4.86. The van der Waals surface area contributed by atoms with Crippen molar-refractivity contribution in [2.24, 2.45) is 0 Å². The largest absolute Gasteiger partial charge is 0.333 e. The maximum Gasteiger partial charge on any atom is 0.323 e. The lowest BCUT2D eigenvalue weighted by Gasteiger charge is -2.08. The highest BCUT2D eigenvalue weighted by atomic mass is 35.5. The number of thiophene rings is 1. The van der Waals surface area contributed by atoms with Gasteiger partial charge in [0, 0.05) is 16.9 Å². The normalized spacial score (nSPS) is 10.6. The molecule has 2 heterocycles. The van der Waals surface area contributed by atoms with E-state index >= 15 is 0 Å². The van der Waals surface area contributed by atoms with Gasteiger partial charge in [0.2, 0.25) is 5.82 Å². The van der Waals surface area contributed by atoms with E-state index in [2.05, 4.69) is 20.8 Å². The zero-order valence-electron chi connectivity index (χ0n) is 14.1. The Morgan fingerprint density at radius 1 is 1.07 bits per heavy atom. The minimum absolute atomic E-state index is 0.0709. The van der Waals surface area contributed by atoms with Gasteiger partial charge in [-0.3, -0.25) is 0 Å². The SMILES string of the molecule is O=C(Nc1cccc(-c2noc(-c3cccs3)n2)c1)Nc1ccc(F)c(Cl)c1. The van der Waals surface area contributed by atoms with E-state index in [9.17, 15) is 9.18 Å². The first-order valence-electron chi connectivity index (χ1n) is 8.09. The van der Waals surface area contributed by atoms with Crippen LogP contribution in [0.25, 0.3) is 22.2 Å². The summed E-state index contributed by atoms with van der Waals surface area (Å²) in [6.07, 6.45) is 0. The molecule has 9 heteroatoms. The van der Waals surface area contributed by atoms with Gasteiger partial charge in [0.25, 0.3) is 5.89 Å². The molecule has 28 heavy (non-hydrogen) atoms. The van der Waals surface area contributed by atoms with E-state index < -0.39 is 11.8 Å². The van der Waals surface area contributed by atoms with E-state index in [-0.39, 0.29) is 5.02 Å². The Morgan fingerprint density at radius 2 is 1.89 bits per heavy atom. The summed E-state index contributed by atoms with van der Waals surface area (Å²) in [7, 11) is 0. The molecule has 4 rings (SSSR count). The van der Waals surface area contributed by atoms with Crippen molar-refractivity contribution in [2.45, 2.75) is 0 Å². The number of halogens is 2. The molecule has 0 aliphatic heterocycles. The Balaban J connectivity index is 1.48. The number of hydrogen-bond acceptors (Lipinski definition) is 5. The average molecular weight is 415 g/mol. The fourth-order valence-corrected chi connectivity index (χ4v) is 3.27. The third-order valence-electron chi connectivity index (χ3n) is 3.71. The van der Waals surface area contributed by atoms with Crippen molar-refractivity contribution >= 4 is 40.3 Å². The van der Waals surface area contributed by atoms with Gasteiger partial charge in [0.15, 0.2) is 0 Å². The summed E-state index contributed by atoms with van der Waals surface area (Å²) in [5, 5.41) is 11.1. The van der Waals surface area contributed by atoms with E-state index in [1.807, 2.05) is 23.6 Å². The molecule has 2 aromatic carbocycles. The second-order valence-electron chi connectivity index (χ2n) is 5.69. The lowest BCUT2D eigenvalue weighted by Crippen LogP contribution is -2.19. The summed E-state index contributed by atoms with van der Waals surface area (Å²) in [6.45, 7) is 0. The summed E-state index contributed by atoms with van der Waals surface area (Å²) in [5.74, 6) is 0.300. The van der Waals surface area contributed by atoms with E-state index in [0.717, 1.165) is 4.88 Å². The molecule has 2 N–H and O–H groups in total. The van der Waals surface area contributed by atoms with Crippen molar-refractivity contribution in [1.82, 2.24) is 10.1 Å². The molecular formula is C19H12ClFN4O2S. The Bertz CT molecular complexity index is 1130. The first-order valence-corrected chi connectivity index (χ1v) is 9.35. The molecule has 0 radical (unpaired) electrons. The first kappa shape index (κ1) is 18.1. The predicted molar refractivity (Wildman–Crippen MR) is 107 cm³/mol. The summed E-state index contributed by atoms with van der Waals surface area (Å²) < 4.78 is 18.5. The number of nitrogens with zero attached hydrogens (tertiary/aromatic N) is 2. The number of urea groups is 1. The van der Waals surface area contributed by atoms with Crippen LogP contribution in [0.5, 0.6) is 0 Å². The molecular weight excluding hydrogens is 403 g/mol. The number of aromatic nitrogens is 2. The summed E-state index contributed by atoms with van der Waals surface area (Å²) in [4.78, 5) is 17.4. The van der Waals surface area contributed by atoms with Gasteiger partial charge in [-0.05, 0) is 41.8 Å². The van der Waals surface area contributed by atoms with Crippen LogP contribution in [0.1, 0.15) is 0 Å². The number of amides is 2. The summed E-state index contributed by atoms with van der Waals surface area (Å²) in [6, 6.07) is 14.3. The smallest absolute Gasteiger partial charge is 0.323 e. The molecule has 0 atom stereocenters. The van der Waals surface area contributed by atoms with Crippen molar-refractivity contribution in [2.75, 3.05) is 10.6 Å². The number of rotatable bonds is 4. The molecule has 6 nitrogen and oxygen atoms in total. The van der Waals surface area contributed by atoms with E-state index in [1.54, 1.807) is 18.2 Å². The average Bonchev–Trinajstić information content (AvgIpc) is 3.36. The number of benzene rings is 2. The summed E-state index contributed by atoms with van der Waals surface area (Å²) >= 11 is 7.22. The molecule has 2 aromatic heterocycles. The van der Waals surface area contributed by atoms with Crippen molar-refractivity contribution in [3.05, 3.63) is 70.8 Å². The number of anilines is 2. The first-order chi connectivity index (χ1) is 13.6. The van der Waals surface area contributed by atoms with Gasteiger partial charge in [-0.25, -0.2) is 9.18 Å². The van der Waals surface area contributed by atoms with Gasteiger partial charge in [0.1, 0.15) is 5.82 Å². The van der Waals surface area contributed by atoms with Crippen LogP contribution in [-0.4, -0.2) is 16.2 Å². The van der Waals surface area contributed by atoms with Gasteiger partial charge in [-0.15, -0.1) is 11.3 Å². The molecule has 0 unspecified atom stereocenters.